The van der Waals surface area contributed by atoms with E-state index in [0.717, 1.165) is 19.4 Å². The molecule has 0 radical (unpaired) electrons. The van der Waals surface area contributed by atoms with Crippen molar-refractivity contribution in [3.63, 3.8) is 0 Å². The van der Waals surface area contributed by atoms with Crippen molar-refractivity contribution in [2.24, 2.45) is 0 Å². The second-order valence-electron chi connectivity index (χ2n) is 6.07. The molecular formula is C17H26N2O. The lowest BCUT2D eigenvalue weighted by Gasteiger charge is -2.25. The molecule has 0 bridgehead atoms. The zero-order valence-corrected chi connectivity index (χ0v) is 12.9. The van der Waals surface area contributed by atoms with Crippen molar-refractivity contribution in [1.29, 1.82) is 0 Å². The Bertz CT molecular complexity index is 435. The first-order valence-corrected chi connectivity index (χ1v) is 7.62. The number of aryl methyl sites for hydroxylation is 1. The van der Waals surface area contributed by atoms with Crippen LogP contribution in [0.3, 0.4) is 0 Å². The van der Waals surface area contributed by atoms with Crippen LogP contribution in [0.25, 0.3) is 0 Å². The molecule has 0 saturated heterocycles. The molecular weight excluding hydrogens is 248 g/mol. The first-order valence-electron chi connectivity index (χ1n) is 7.62. The number of carbonyl (C=O) groups is 1. The van der Waals surface area contributed by atoms with Gasteiger partial charge >= 0.3 is 0 Å². The minimum Gasteiger partial charge on any atom is -0.352 e. The van der Waals surface area contributed by atoms with Gasteiger partial charge in [0.2, 0.25) is 5.91 Å². The summed E-state index contributed by atoms with van der Waals surface area (Å²) in [4.78, 5) is 14.3. The third-order valence-corrected chi connectivity index (χ3v) is 4.29. The summed E-state index contributed by atoms with van der Waals surface area (Å²) in [5.74, 6) is 0.159. The van der Waals surface area contributed by atoms with Gasteiger partial charge in [0.15, 0.2) is 0 Å². The molecule has 1 unspecified atom stereocenters. The number of nitrogens with one attached hydrogen (secondary N) is 1. The largest absolute Gasteiger partial charge is 0.352 e. The van der Waals surface area contributed by atoms with Crippen molar-refractivity contribution in [2.45, 2.75) is 58.2 Å². The number of nitrogens with zero attached hydrogens (tertiary/aromatic N) is 1. The van der Waals surface area contributed by atoms with Crippen LogP contribution in [0.5, 0.6) is 0 Å². The summed E-state index contributed by atoms with van der Waals surface area (Å²) >= 11 is 0. The molecule has 0 spiro atoms. The van der Waals surface area contributed by atoms with Crippen LogP contribution >= 0.6 is 0 Å². The second kappa shape index (κ2) is 6.89. The highest BCUT2D eigenvalue weighted by Gasteiger charge is 2.22. The van der Waals surface area contributed by atoms with E-state index in [9.17, 15) is 4.79 Å². The Morgan fingerprint density at radius 1 is 1.30 bits per heavy atom. The zero-order chi connectivity index (χ0) is 14.5. The Hall–Kier alpha value is -1.35. The molecule has 0 aliphatic heterocycles. The number of amides is 1. The fourth-order valence-corrected chi connectivity index (χ4v) is 2.71. The van der Waals surface area contributed by atoms with E-state index in [0.29, 0.717) is 6.04 Å². The van der Waals surface area contributed by atoms with E-state index >= 15 is 0 Å². The lowest BCUT2D eigenvalue weighted by molar-refractivity contribution is -0.126. The molecule has 1 fully saturated rings. The third kappa shape index (κ3) is 4.07. The van der Waals surface area contributed by atoms with Gasteiger partial charge in [-0.1, -0.05) is 42.7 Å². The molecule has 3 nitrogen and oxygen atoms in total. The molecule has 20 heavy (non-hydrogen) atoms. The molecule has 1 aromatic rings. The van der Waals surface area contributed by atoms with E-state index < -0.39 is 0 Å². The van der Waals surface area contributed by atoms with Crippen molar-refractivity contribution < 1.29 is 4.79 Å². The van der Waals surface area contributed by atoms with E-state index in [-0.39, 0.29) is 11.9 Å². The molecule has 1 aliphatic rings. The average molecular weight is 274 g/mol. The maximum Gasteiger partial charge on any atom is 0.237 e. The van der Waals surface area contributed by atoms with Crippen LogP contribution in [0, 0.1) is 6.92 Å². The highest BCUT2D eigenvalue weighted by Crippen LogP contribution is 2.18. The van der Waals surface area contributed by atoms with Crippen LogP contribution in [0.4, 0.5) is 0 Å². The van der Waals surface area contributed by atoms with E-state index in [1.165, 1.54) is 24.0 Å². The summed E-state index contributed by atoms with van der Waals surface area (Å²) in [6, 6.07) is 8.81. The van der Waals surface area contributed by atoms with Crippen LogP contribution in [0.1, 0.15) is 43.7 Å². The van der Waals surface area contributed by atoms with E-state index in [2.05, 4.69) is 41.4 Å². The SMILES string of the molecule is Cc1ccc(CN(C)C(C)C(=O)NC2CCCC2)cc1. The maximum atomic E-state index is 12.2. The van der Waals surface area contributed by atoms with E-state index in [1.807, 2.05) is 14.0 Å². The first kappa shape index (κ1) is 15.0. The number of likely N-dealkylation sites (N-methyl/N-ethyl adjacent to an activating group) is 1. The van der Waals surface area contributed by atoms with Gasteiger partial charge in [0.25, 0.3) is 0 Å². The minimum absolute atomic E-state index is 0.0862. The molecule has 1 saturated carbocycles. The van der Waals surface area contributed by atoms with Crippen LogP contribution in [-0.2, 0) is 11.3 Å². The fraction of sp³-hybridized carbons (Fsp3) is 0.588. The van der Waals surface area contributed by atoms with Crippen LogP contribution in [0.15, 0.2) is 24.3 Å². The molecule has 1 N–H and O–H groups in total. The van der Waals surface area contributed by atoms with Crippen molar-refractivity contribution in [3.8, 4) is 0 Å². The number of hydrogen-bond acceptors (Lipinski definition) is 2. The molecule has 110 valence electrons. The summed E-state index contributed by atoms with van der Waals surface area (Å²) in [7, 11) is 2.01. The average Bonchev–Trinajstić information content (AvgIpc) is 2.93. The molecule has 1 aromatic carbocycles. The van der Waals surface area contributed by atoms with Gasteiger partial charge in [0, 0.05) is 12.6 Å². The number of benzene rings is 1. The predicted molar refractivity (Wildman–Crippen MR) is 82.5 cm³/mol. The van der Waals surface area contributed by atoms with Crippen LogP contribution in [-0.4, -0.2) is 29.9 Å². The summed E-state index contributed by atoms with van der Waals surface area (Å²) in [6.45, 7) is 4.88. The molecule has 1 atom stereocenters. The third-order valence-electron chi connectivity index (χ3n) is 4.29. The summed E-state index contributed by atoms with van der Waals surface area (Å²) in [5.41, 5.74) is 2.52. The van der Waals surface area contributed by atoms with Gasteiger partial charge in [-0.25, -0.2) is 0 Å². The van der Waals surface area contributed by atoms with Crippen LogP contribution in [0.2, 0.25) is 0 Å². The van der Waals surface area contributed by atoms with E-state index in [1.54, 1.807) is 0 Å². The molecule has 1 amide bonds. The lowest BCUT2D eigenvalue weighted by atomic mass is 10.1. The Balaban J connectivity index is 1.85. The summed E-state index contributed by atoms with van der Waals surface area (Å²) < 4.78 is 0. The van der Waals surface area contributed by atoms with Gasteiger partial charge in [-0.05, 0) is 39.3 Å². The Morgan fingerprint density at radius 2 is 1.90 bits per heavy atom. The van der Waals surface area contributed by atoms with Gasteiger partial charge < -0.3 is 5.32 Å². The minimum atomic E-state index is -0.0862. The number of hydrogen-bond donors (Lipinski definition) is 1. The highest BCUT2D eigenvalue weighted by atomic mass is 16.2. The van der Waals surface area contributed by atoms with Crippen molar-refractivity contribution >= 4 is 5.91 Å². The monoisotopic (exact) mass is 274 g/mol. The molecule has 0 heterocycles. The lowest BCUT2D eigenvalue weighted by Crippen LogP contribution is -2.46. The first-order chi connectivity index (χ1) is 9.56. The standard InChI is InChI=1S/C17H26N2O/c1-13-8-10-15(11-9-13)12-19(3)14(2)17(20)18-16-6-4-5-7-16/h8-11,14,16H,4-7,12H2,1-3H3,(H,18,20). The van der Waals surface area contributed by atoms with Gasteiger partial charge in [0.05, 0.1) is 6.04 Å². The fourth-order valence-electron chi connectivity index (χ4n) is 2.71. The molecule has 3 heteroatoms. The van der Waals surface area contributed by atoms with Crippen molar-refractivity contribution in [2.75, 3.05) is 7.05 Å². The summed E-state index contributed by atoms with van der Waals surface area (Å²) in [6.07, 6.45) is 4.78. The Morgan fingerprint density at radius 3 is 2.50 bits per heavy atom. The number of carbonyl (C=O) groups excluding carboxylic acids is 1. The summed E-state index contributed by atoms with van der Waals surface area (Å²) in [5, 5.41) is 3.17. The number of rotatable bonds is 5. The normalized spacial score (nSPS) is 17.4. The Kier molecular flexibility index (Phi) is 5.18. The second-order valence-corrected chi connectivity index (χ2v) is 6.07. The maximum absolute atomic E-state index is 12.2. The zero-order valence-electron chi connectivity index (χ0n) is 12.9. The van der Waals surface area contributed by atoms with Crippen molar-refractivity contribution in [3.05, 3.63) is 35.4 Å². The quantitative estimate of drug-likeness (QED) is 0.895. The van der Waals surface area contributed by atoms with Gasteiger partial charge in [0.1, 0.15) is 0 Å². The molecule has 1 aliphatic carbocycles. The smallest absolute Gasteiger partial charge is 0.237 e. The van der Waals surface area contributed by atoms with Gasteiger partial charge in [-0.3, -0.25) is 9.69 Å². The van der Waals surface area contributed by atoms with Gasteiger partial charge in [-0.2, -0.15) is 0 Å². The van der Waals surface area contributed by atoms with Crippen molar-refractivity contribution in [1.82, 2.24) is 10.2 Å². The predicted octanol–water partition coefficient (Wildman–Crippen LogP) is 2.87. The molecule has 0 aromatic heterocycles. The van der Waals surface area contributed by atoms with E-state index in [4.69, 9.17) is 0 Å². The molecule has 2 rings (SSSR count). The van der Waals surface area contributed by atoms with Crippen LogP contribution < -0.4 is 5.32 Å². The highest BCUT2D eigenvalue weighted by molar-refractivity contribution is 5.81. The Labute approximate surface area is 122 Å². The van der Waals surface area contributed by atoms with Gasteiger partial charge in [-0.15, -0.1) is 0 Å². The topological polar surface area (TPSA) is 32.3 Å².